The van der Waals surface area contributed by atoms with Crippen molar-refractivity contribution in [1.29, 1.82) is 0 Å². The van der Waals surface area contributed by atoms with Gasteiger partial charge in [-0.05, 0) is 36.0 Å². The molecule has 0 amide bonds. The molecule has 0 aromatic heterocycles. The third-order valence-corrected chi connectivity index (χ3v) is 5.54. The van der Waals surface area contributed by atoms with Crippen LogP contribution in [0.15, 0.2) is 78.9 Å². The van der Waals surface area contributed by atoms with Gasteiger partial charge in [-0.3, -0.25) is 0 Å². The van der Waals surface area contributed by atoms with E-state index >= 15 is 0 Å². The van der Waals surface area contributed by atoms with Crippen LogP contribution < -0.4 is 15.9 Å². The maximum absolute atomic E-state index is 13.6. The average Bonchev–Trinajstić information content (AvgIpc) is 2.49. The first-order valence-corrected chi connectivity index (χ1v) is 7.94. The molecule has 0 aliphatic heterocycles. The van der Waals surface area contributed by atoms with Gasteiger partial charge >= 0.3 is 0 Å². The molecule has 21 heavy (non-hydrogen) atoms. The van der Waals surface area contributed by atoms with Gasteiger partial charge in [0.05, 0.1) is 0 Å². The molecule has 3 heteroatoms. The summed E-state index contributed by atoms with van der Waals surface area (Å²) >= 11 is 0. The van der Waals surface area contributed by atoms with E-state index in [4.69, 9.17) is 0 Å². The van der Waals surface area contributed by atoms with E-state index in [-0.39, 0.29) is 0 Å². The molecule has 0 unspecified atom stereocenters. The smallest absolute Gasteiger partial charge is 0.126 e. The predicted octanol–water partition coefficient (Wildman–Crippen LogP) is 3.72. The highest BCUT2D eigenvalue weighted by Crippen LogP contribution is 2.32. The molecule has 0 aliphatic carbocycles. The minimum Gasteiger partial charge on any atom is -0.207 e. The van der Waals surface area contributed by atoms with Crippen LogP contribution in [0.2, 0.25) is 0 Å². The highest BCUT2D eigenvalue weighted by atomic mass is 31.1. The second kappa shape index (κ2) is 6.15. The monoisotopic (exact) mass is 298 g/mol. The minimum absolute atomic E-state index is 0.538. The van der Waals surface area contributed by atoms with Crippen molar-refractivity contribution in [3.05, 3.63) is 90.5 Å². The third-order valence-electron chi connectivity index (χ3n) is 3.13. The van der Waals surface area contributed by atoms with Crippen molar-refractivity contribution < 1.29 is 8.78 Å². The second-order valence-electron chi connectivity index (χ2n) is 4.63. The van der Waals surface area contributed by atoms with Gasteiger partial charge in [0, 0.05) is 6.07 Å². The van der Waals surface area contributed by atoms with Crippen LogP contribution in [-0.2, 0) is 0 Å². The van der Waals surface area contributed by atoms with Gasteiger partial charge in [-0.2, -0.15) is 0 Å². The summed E-state index contributed by atoms with van der Waals surface area (Å²) in [7, 11) is -0.958. The Bertz CT molecular complexity index is 667. The van der Waals surface area contributed by atoms with Crippen LogP contribution >= 0.6 is 7.92 Å². The number of benzene rings is 3. The summed E-state index contributed by atoms with van der Waals surface area (Å²) in [6.45, 7) is 0. The van der Waals surface area contributed by atoms with Gasteiger partial charge in [0.25, 0.3) is 0 Å². The van der Waals surface area contributed by atoms with E-state index in [2.05, 4.69) is 0 Å². The Kier molecular flexibility index (Phi) is 4.08. The average molecular weight is 298 g/mol. The quantitative estimate of drug-likeness (QED) is 0.646. The van der Waals surface area contributed by atoms with Crippen LogP contribution in [0.5, 0.6) is 0 Å². The molecule has 3 aromatic rings. The van der Waals surface area contributed by atoms with Crippen molar-refractivity contribution in [2.75, 3.05) is 0 Å². The molecule has 0 radical (unpaired) electrons. The van der Waals surface area contributed by atoms with Crippen molar-refractivity contribution in [3.63, 3.8) is 0 Å². The van der Waals surface area contributed by atoms with Crippen LogP contribution in [0.3, 0.4) is 0 Å². The lowest BCUT2D eigenvalue weighted by molar-refractivity contribution is 0.585. The van der Waals surface area contributed by atoms with E-state index in [1.54, 1.807) is 0 Å². The zero-order chi connectivity index (χ0) is 14.7. The lowest BCUT2D eigenvalue weighted by Crippen LogP contribution is -2.21. The fraction of sp³-hybridized carbons (Fsp3) is 0. The summed E-state index contributed by atoms with van der Waals surface area (Å²) in [5.74, 6) is -1.08. The van der Waals surface area contributed by atoms with Gasteiger partial charge in [-0.25, -0.2) is 8.78 Å². The van der Waals surface area contributed by atoms with Crippen LogP contribution in [0.25, 0.3) is 0 Å². The lowest BCUT2D eigenvalue weighted by atomic mass is 10.3. The maximum Gasteiger partial charge on any atom is 0.126 e. The summed E-state index contributed by atoms with van der Waals surface area (Å²) < 4.78 is 27.2. The molecule has 0 fully saturated rings. The van der Waals surface area contributed by atoms with E-state index in [9.17, 15) is 8.78 Å². The zero-order valence-electron chi connectivity index (χ0n) is 11.2. The number of hydrogen-bond donors (Lipinski definition) is 0. The molecule has 0 saturated carbocycles. The van der Waals surface area contributed by atoms with E-state index in [0.29, 0.717) is 5.30 Å². The van der Waals surface area contributed by atoms with Gasteiger partial charge in [0.1, 0.15) is 11.6 Å². The summed E-state index contributed by atoms with van der Waals surface area (Å²) in [5, 5.41) is 2.83. The minimum atomic E-state index is -0.958. The van der Waals surface area contributed by atoms with Gasteiger partial charge in [-0.1, -0.05) is 60.7 Å². The van der Waals surface area contributed by atoms with E-state index in [0.717, 1.165) is 16.7 Å². The molecule has 3 aromatic carbocycles. The van der Waals surface area contributed by atoms with Gasteiger partial charge < -0.3 is 0 Å². The Morgan fingerprint density at radius 2 is 0.952 bits per heavy atom. The topological polar surface area (TPSA) is 0 Å². The largest absolute Gasteiger partial charge is 0.207 e. The van der Waals surface area contributed by atoms with Gasteiger partial charge in [0.15, 0.2) is 0 Å². The van der Waals surface area contributed by atoms with E-state index in [1.807, 2.05) is 60.7 Å². The van der Waals surface area contributed by atoms with Crippen molar-refractivity contribution in [2.45, 2.75) is 0 Å². The van der Waals surface area contributed by atoms with Crippen molar-refractivity contribution in [3.8, 4) is 0 Å². The summed E-state index contributed by atoms with van der Waals surface area (Å²) in [5.41, 5.74) is 0. The van der Waals surface area contributed by atoms with Crippen LogP contribution in [-0.4, -0.2) is 0 Å². The zero-order valence-corrected chi connectivity index (χ0v) is 12.1. The maximum atomic E-state index is 13.6. The molecule has 0 saturated heterocycles. The molecule has 0 atom stereocenters. The van der Waals surface area contributed by atoms with Gasteiger partial charge in [0.2, 0.25) is 0 Å². The first-order valence-electron chi connectivity index (χ1n) is 6.60. The van der Waals surface area contributed by atoms with Crippen molar-refractivity contribution >= 4 is 23.8 Å². The lowest BCUT2D eigenvalue weighted by Gasteiger charge is -2.19. The van der Waals surface area contributed by atoms with Crippen molar-refractivity contribution in [2.24, 2.45) is 0 Å². The summed E-state index contributed by atoms with van der Waals surface area (Å²) in [4.78, 5) is 0. The number of halogens is 2. The van der Waals surface area contributed by atoms with Crippen LogP contribution in [0, 0.1) is 11.6 Å². The fourth-order valence-corrected chi connectivity index (χ4v) is 4.61. The molecule has 0 aliphatic rings. The fourth-order valence-electron chi connectivity index (χ4n) is 2.27. The molecule has 0 N–H and O–H groups in total. The summed E-state index contributed by atoms with van der Waals surface area (Å²) in [6.07, 6.45) is 0. The van der Waals surface area contributed by atoms with Crippen molar-refractivity contribution in [1.82, 2.24) is 0 Å². The van der Waals surface area contributed by atoms with E-state index < -0.39 is 19.6 Å². The molecule has 0 bridgehead atoms. The highest BCUT2D eigenvalue weighted by Gasteiger charge is 2.17. The molecule has 0 nitrogen and oxygen atoms in total. The second-order valence-corrected chi connectivity index (χ2v) is 6.85. The highest BCUT2D eigenvalue weighted by molar-refractivity contribution is 7.79. The Morgan fingerprint density at radius 1 is 0.524 bits per heavy atom. The standard InChI is InChI=1S/C18H13F2P/c19-14-11-15(20)13-18(12-14)21(16-7-3-1-4-8-16)17-9-5-2-6-10-17/h1-13H. The third kappa shape index (κ3) is 3.17. The Labute approximate surface area is 123 Å². The number of rotatable bonds is 3. The SMILES string of the molecule is Fc1cc(F)cc(P(c2ccccc2)c2ccccc2)c1. The van der Waals surface area contributed by atoms with Gasteiger partial charge in [-0.15, -0.1) is 0 Å². The molecule has 3 rings (SSSR count). The molecular formula is C18H13F2P. The van der Waals surface area contributed by atoms with E-state index in [1.165, 1.54) is 12.1 Å². The molecule has 104 valence electrons. The Morgan fingerprint density at radius 3 is 1.38 bits per heavy atom. The molecule has 0 spiro atoms. The Balaban J connectivity index is 2.17. The molecular weight excluding hydrogens is 285 g/mol. The predicted molar refractivity (Wildman–Crippen MR) is 85.1 cm³/mol. The summed E-state index contributed by atoms with van der Waals surface area (Å²) in [6, 6.07) is 23.4. The Hall–Kier alpha value is -2.05. The first-order chi connectivity index (χ1) is 10.2. The van der Waals surface area contributed by atoms with Crippen LogP contribution in [0.1, 0.15) is 0 Å². The number of hydrogen-bond acceptors (Lipinski definition) is 0. The molecule has 0 heterocycles. The van der Waals surface area contributed by atoms with Crippen LogP contribution in [0.4, 0.5) is 8.78 Å². The first kappa shape index (κ1) is 13.9. The normalized spacial score (nSPS) is 10.8.